The van der Waals surface area contributed by atoms with E-state index in [0.717, 1.165) is 6.42 Å². The average molecular weight is 212 g/mol. The number of nitrogens with two attached hydrogens (primary N) is 1. The van der Waals surface area contributed by atoms with E-state index < -0.39 is 18.3 Å². The molecule has 0 aliphatic heterocycles. The summed E-state index contributed by atoms with van der Waals surface area (Å²) in [5.41, 5.74) is 4.95. The standard InChI is InChI=1S/C9H19F3N2/c1-4-5-8(2,6-13)14(3)7-9(10,11)12/h4-7,13H2,1-3H3. The molecule has 0 aliphatic rings. The molecule has 1 unspecified atom stereocenters. The lowest BCUT2D eigenvalue weighted by Crippen LogP contribution is -2.52. The molecule has 1 atom stereocenters. The van der Waals surface area contributed by atoms with Crippen molar-refractivity contribution in [2.75, 3.05) is 20.1 Å². The fourth-order valence-electron chi connectivity index (χ4n) is 1.45. The monoisotopic (exact) mass is 212 g/mol. The zero-order valence-corrected chi connectivity index (χ0v) is 8.99. The van der Waals surface area contributed by atoms with Gasteiger partial charge in [-0.2, -0.15) is 13.2 Å². The van der Waals surface area contributed by atoms with Crippen molar-refractivity contribution in [1.82, 2.24) is 4.90 Å². The molecule has 0 aromatic rings. The van der Waals surface area contributed by atoms with Crippen molar-refractivity contribution in [3.63, 3.8) is 0 Å². The van der Waals surface area contributed by atoms with E-state index in [9.17, 15) is 13.2 Å². The SMILES string of the molecule is CCCC(C)(CN)N(C)CC(F)(F)F. The van der Waals surface area contributed by atoms with E-state index in [4.69, 9.17) is 5.73 Å². The highest BCUT2D eigenvalue weighted by molar-refractivity contribution is 4.86. The van der Waals surface area contributed by atoms with Gasteiger partial charge >= 0.3 is 6.18 Å². The summed E-state index contributed by atoms with van der Waals surface area (Å²) in [6.45, 7) is 3.05. The van der Waals surface area contributed by atoms with Gasteiger partial charge in [0.15, 0.2) is 0 Å². The van der Waals surface area contributed by atoms with Crippen LogP contribution in [0.4, 0.5) is 13.2 Å². The van der Waals surface area contributed by atoms with Gasteiger partial charge in [-0.15, -0.1) is 0 Å². The fraction of sp³-hybridized carbons (Fsp3) is 1.00. The van der Waals surface area contributed by atoms with Gasteiger partial charge in [-0.3, -0.25) is 4.90 Å². The summed E-state index contributed by atoms with van der Waals surface area (Å²) in [6.07, 6.45) is -2.65. The predicted molar refractivity (Wildman–Crippen MR) is 51.1 cm³/mol. The second kappa shape index (κ2) is 4.98. The number of hydrogen-bond acceptors (Lipinski definition) is 2. The van der Waals surface area contributed by atoms with Crippen molar-refractivity contribution in [3.05, 3.63) is 0 Å². The highest BCUT2D eigenvalue weighted by Crippen LogP contribution is 2.24. The van der Waals surface area contributed by atoms with Crippen molar-refractivity contribution >= 4 is 0 Å². The molecule has 14 heavy (non-hydrogen) atoms. The van der Waals surface area contributed by atoms with E-state index in [1.165, 1.54) is 11.9 Å². The molecule has 0 rings (SSSR count). The second-order valence-electron chi connectivity index (χ2n) is 3.92. The first-order valence-electron chi connectivity index (χ1n) is 4.73. The molecule has 0 saturated heterocycles. The highest BCUT2D eigenvalue weighted by Gasteiger charge is 2.36. The van der Waals surface area contributed by atoms with Crippen molar-refractivity contribution in [1.29, 1.82) is 0 Å². The van der Waals surface area contributed by atoms with Crippen molar-refractivity contribution < 1.29 is 13.2 Å². The molecule has 0 spiro atoms. The van der Waals surface area contributed by atoms with E-state index in [0.29, 0.717) is 6.42 Å². The molecule has 0 fully saturated rings. The van der Waals surface area contributed by atoms with Crippen LogP contribution >= 0.6 is 0 Å². The lowest BCUT2D eigenvalue weighted by Gasteiger charge is -2.38. The zero-order chi connectivity index (χ0) is 11.4. The molecule has 0 radical (unpaired) electrons. The molecular weight excluding hydrogens is 193 g/mol. The lowest BCUT2D eigenvalue weighted by atomic mass is 9.94. The fourth-order valence-corrected chi connectivity index (χ4v) is 1.45. The van der Waals surface area contributed by atoms with Crippen LogP contribution in [0.3, 0.4) is 0 Å². The number of rotatable bonds is 5. The van der Waals surface area contributed by atoms with E-state index in [-0.39, 0.29) is 6.54 Å². The molecule has 0 amide bonds. The maximum atomic E-state index is 12.1. The molecule has 86 valence electrons. The van der Waals surface area contributed by atoms with Gasteiger partial charge in [0, 0.05) is 12.1 Å². The summed E-state index contributed by atoms with van der Waals surface area (Å²) in [7, 11) is 1.47. The first-order chi connectivity index (χ1) is 6.25. The second-order valence-corrected chi connectivity index (χ2v) is 3.92. The molecule has 0 aromatic carbocycles. The molecule has 2 N–H and O–H groups in total. The number of nitrogens with zero attached hydrogens (tertiary/aromatic N) is 1. The van der Waals surface area contributed by atoms with Crippen molar-refractivity contribution in [2.45, 2.75) is 38.4 Å². The first-order valence-corrected chi connectivity index (χ1v) is 4.73. The van der Waals surface area contributed by atoms with Crippen LogP contribution in [0.5, 0.6) is 0 Å². The molecule has 2 nitrogen and oxygen atoms in total. The summed E-state index contributed by atoms with van der Waals surface area (Å²) in [6, 6.07) is 0. The number of halogens is 3. The number of likely N-dealkylation sites (N-methyl/N-ethyl adjacent to an activating group) is 1. The number of hydrogen-bond donors (Lipinski definition) is 1. The van der Waals surface area contributed by atoms with Crippen molar-refractivity contribution in [2.24, 2.45) is 5.73 Å². The molecular formula is C9H19F3N2. The minimum atomic E-state index is -4.15. The third kappa shape index (κ3) is 4.28. The van der Waals surface area contributed by atoms with Gasteiger partial charge in [0.1, 0.15) is 0 Å². The minimum absolute atomic E-state index is 0.243. The Morgan fingerprint density at radius 3 is 2.07 bits per heavy atom. The predicted octanol–water partition coefficient (Wildman–Crippen LogP) is 2.00. The smallest absolute Gasteiger partial charge is 0.329 e. The van der Waals surface area contributed by atoms with Crippen LogP contribution < -0.4 is 5.73 Å². The van der Waals surface area contributed by atoms with Crippen molar-refractivity contribution in [3.8, 4) is 0 Å². The van der Waals surface area contributed by atoms with E-state index in [1.54, 1.807) is 6.92 Å². The van der Waals surface area contributed by atoms with E-state index >= 15 is 0 Å². The van der Waals surface area contributed by atoms with Gasteiger partial charge in [-0.05, 0) is 20.4 Å². The summed E-state index contributed by atoms with van der Waals surface area (Å²) in [4.78, 5) is 1.29. The maximum absolute atomic E-state index is 12.1. The third-order valence-corrected chi connectivity index (χ3v) is 2.57. The van der Waals surface area contributed by atoms with Crippen LogP contribution in [0.25, 0.3) is 0 Å². The van der Waals surface area contributed by atoms with Gasteiger partial charge in [0.25, 0.3) is 0 Å². The van der Waals surface area contributed by atoms with Gasteiger partial charge in [-0.25, -0.2) is 0 Å². The summed E-state index contributed by atoms with van der Waals surface area (Å²) in [5, 5.41) is 0. The van der Waals surface area contributed by atoms with Gasteiger partial charge in [0.2, 0.25) is 0 Å². The highest BCUT2D eigenvalue weighted by atomic mass is 19.4. The summed E-state index contributed by atoms with van der Waals surface area (Å²) < 4.78 is 36.4. The van der Waals surface area contributed by atoms with Gasteiger partial charge in [-0.1, -0.05) is 13.3 Å². The molecule has 5 heteroatoms. The van der Waals surface area contributed by atoms with Crippen LogP contribution in [0.1, 0.15) is 26.7 Å². The third-order valence-electron chi connectivity index (χ3n) is 2.57. The maximum Gasteiger partial charge on any atom is 0.401 e. The molecule has 0 heterocycles. The van der Waals surface area contributed by atoms with E-state index in [1.807, 2.05) is 6.92 Å². The largest absolute Gasteiger partial charge is 0.401 e. The zero-order valence-electron chi connectivity index (χ0n) is 8.99. The summed E-state index contributed by atoms with van der Waals surface area (Å²) >= 11 is 0. The molecule has 0 aliphatic carbocycles. The Kier molecular flexibility index (Phi) is 4.88. The van der Waals surface area contributed by atoms with Crippen LogP contribution in [-0.2, 0) is 0 Å². The Hall–Kier alpha value is -0.290. The quantitative estimate of drug-likeness (QED) is 0.755. The van der Waals surface area contributed by atoms with Gasteiger partial charge in [0.05, 0.1) is 6.54 Å². The lowest BCUT2D eigenvalue weighted by molar-refractivity contribution is -0.154. The molecule has 0 bridgehead atoms. The molecule has 0 aromatic heterocycles. The minimum Gasteiger partial charge on any atom is -0.329 e. The Labute approximate surface area is 83.3 Å². The average Bonchev–Trinajstić information content (AvgIpc) is 2.01. The Morgan fingerprint density at radius 1 is 1.29 bits per heavy atom. The first kappa shape index (κ1) is 13.7. The van der Waals surface area contributed by atoms with Crippen LogP contribution in [0, 0.1) is 0 Å². The topological polar surface area (TPSA) is 29.3 Å². The van der Waals surface area contributed by atoms with Crippen LogP contribution in [-0.4, -0.2) is 36.8 Å². The van der Waals surface area contributed by atoms with Gasteiger partial charge < -0.3 is 5.73 Å². The van der Waals surface area contributed by atoms with Crippen LogP contribution in [0.2, 0.25) is 0 Å². The van der Waals surface area contributed by atoms with Crippen LogP contribution in [0.15, 0.2) is 0 Å². The van der Waals surface area contributed by atoms with E-state index in [2.05, 4.69) is 0 Å². The number of alkyl halides is 3. The Morgan fingerprint density at radius 2 is 1.79 bits per heavy atom. The summed E-state index contributed by atoms with van der Waals surface area (Å²) in [5.74, 6) is 0. The normalized spacial score (nSPS) is 17.1. The Bertz CT molecular complexity index is 170. The molecule has 0 saturated carbocycles. The Balaban J connectivity index is 4.37.